The third-order valence-corrected chi connectivity index (χ3v) is 4.41. The van der Waals surface area contributed by atoms with Crippen LogP contribution in [0, 0.1) is 0 Å². The average molecular weight is 275 g/mol. The summed E-state index contributed by atoms with van der Waals surface area (Å²) in [6.45, 7) is 5.14. The Balaban J connectivity index is 1.78. The molecule has 0 unspecified atom stereocenters. The first-order valence-electron chi connectivity index (χ1n) is 7.99. The number of hydrogen-bond acceptors (Lipinski definition) is 2. The summed E-state index contributed by atoms with van der Waals surface area (Å²) in [5.41, 5.74) is 0.886. The number of nitrogens with one attached hydrogen (secondary N) is 1. The molecule has 2 heterocycles. The lowest BCUT2D eigenvalue weighted by Gasteiger charge is -2.28. The Labute approximate surface area is 121 Å². The van der Waals surface area contributed by atoms with Gasteiger partial charge >= 0.3 is 0 Å². The predicted octanol–water partition coefficient (Wildman–Crippen LogP) is 2.43. The van der Waals surface area contributed by atoms with Crippen LogP contribution in [-0.4, -0.2) is 41.1 Å². The maximum Gasteiger partial charge on any atom is 0.270 e. The van der Waals surface area contributed by atoms with Gasteiger partial charge in [-0.3, -0.25) is 4.79 Å². The highest BCUT2D eigenvalue weighted by Crippen LogP contribution is 2.29. The minimum atomic E-state index is 0.234. The van der Waals surface area contributed by atoms with Crippen LogP contribution in [-0.2, 0) is 0 Å². The second-order valence-corrected chi connectivity index (χ2v) is 6.01. The lowest BCUT2D eigenvalue weighted by Crippen LogP contribution is -2.36. The summed E-state index contributed by atoms with van der Waals surface area (Å²) >= 11 is 0. The molecule has 4 nitrogen and oxygen atoms in total. The highest BCUT2D eigenvalue weighted by atomic mass is 16.2. The van der Waals surface area contributed by atoms with Crippen LogP contribution in [0.5, 0.6) is 0 Å². The maximum absolute atomic E-state index is 12.8. The second kappa shape index (κ2) is 6.00. The van der Waals surface area contributed by atoms with Crippen LogP contribution in [0.4, 0.5) is 0 Å². The lowest BCUT2D eigenvalue weighted by atomic mass is 10.1. The number of rotatable bonds is 5. The van der Waals surface area contributed by atoms with Gasteiger partial charge in [-0.25, -0.2) is 0 Å². The largest absolute Gasteiger partial charge is 0.340 e. The molecule has 1 N–H and O–H groups in total. The molecule has 1 saturated heterocycles. The van der Waals surface area contributed by atoms with E-state index in [-0.39, 0.29) is 5.91 Å². The molecule has 4 heteroatoms. The van der Waals surface area contributed by atoms with Crippen LogP contribution >= 0.6 is 0 Å². The Morgan fingerprint density at radius 1 is 1.35 bits per heavy atom. The number of amides is 1. The number of hydrogen-bond donors (Lipinski definition) is 1. The first-order valence-corrected chi connectivity index (χ1v) is 7.99. The van der Waals surface area contributed by atoms with Crippen molar-refractivity contribution < 1.29 is 4.79 Å². The topological polar surface area (TPSA) is 37.3 Å². The molecule has 1 aromatic rings. The van der Waals surface area contributed by atoms with Crippen molar-refractivity contribution in [3.63, 3.8) is 0 Å². The second-order valence-electron chi connectivity index (χ2n) is 6.01. The number of carbonyl (C=O) groups excluding carboxylic acids is 1. The predicted molar refractivity (Wildman–Crippen MR) is 79.9 cm³/mol. The van der Waals surface area contributed by atoms with Gasteiger partial charge in [-0.15, -0.1) is 0 Å². The fourth-order valence-electron chi connectivity index (χ4n) is 3.20. The molecule has 1 saturated carbocycles. The van der Waals surface area contributed by atoms with E-state index in [4.69, 9.17) is 0 Å². The van der Waals surface area contributed by atoms with Crippen molar-refractivity contribution in [2.24, 2.45) is 0 Å². The molecule has 0 bridgehead atoms. The van der Waals surface area contributed by atoms with Gasteiger partial charge in [0.05, 0.1) is 0 Å². The van der Waals surface area contributed by atoms with Gasteiger partial charge in [0, 0.05) is 24.8 Å². The van der Waals surface area contributed by atoms with Gasteiger partial charge in [-0.2, -0.15) is 0 Å². The Morgan fingerprint density at radius 3 is 2.75 bits per heavy atom. The summed E-state index contributed by atoms with van der Waals surface area (Å²) in [6.07, 6.45) is 7.72. The highest BCUT2D eigenvalue weighted by molar-refractivity contribution is 5.93. The van der Waals surface area contributed by atoms with Crippen molar-refractivity contribution in [3.8, 4) is 0 Å². The molecule has 0 radical (unpaired) electrons. The molecule has 3 rings (SSSR count). The van der Waals surface area contributed by atoms with Gasteiger partial charge < -0.3 is 14.8 Å². The molecule has 20 heavy (non-hydrogen) atoms. The zero-order valence-corrected chi connectivity index (χ0v) is 12.3. The summed E-state index contributed by atoms with van der Waals surface area (Å²) in [5, 5.41) is 3.39. The van der Waals surface area contributed by atoms with Gasteiger partial charge in [-0.05, 0) is 57.3 Å². The third kappa shape index (κ3) is 2.75. The minimum Gasteiger partial charge on any atom is -0.340 e. The first-order chi connectivity index (χ1) is 9.81. The van der Waals surface area contributed by atoms with Gasteiger partial charge in [0.2, 0.25) is 0 Å². The van der Waals surface area contributed by atoms with Crippen molar-refractivity contribution in [2.75, 3.05) is 19.6 Å². The minimum absolute atomic E-state index is 0.234. The number of nitrogens with zero attached hydrogens (tertiary/aromatic N) is 2. The van der Waals surface area contributed by atoms with Crippen LogP contribution in [0.2, 0.25) is 0 Å². The molecular formula is C16H25N3O. The van der Waals surface area contributed by atoms with Gasteiger partial charge in [0.15, 0.2) is 0 Å². The van der Waals surface area contributed by atoms with E-state index in [9.17, 15) is 4.79 Å². The van der Waals surface area contributed by atoms with Gasteiger partial charge in [0.1, 0.15) is 5.69 Å². The highest BCUT2D eigenvalue weighted by Gasteiger charge is 2.34. The first kappa shape index (κ1) is 13.7. The quantitative estimate of drug-likeness (QED) is 0.896. The fraction of sp³-hybridized carbons (Fsp3) is 0.688. The molecule has 110 valence electrons. The Bertz CT molecular complexity index is 458. The summed E-state index contributed by atoms with van der Waals surface area (Å²) in [5.74, 6) is 0.234. The number of aromatic nitrogens is 1. The number of piperidine rings is 1. The Hall–Kier alpha value is -1.29. The van der Waals surface area contributed by atoms with Crippen LogP contribution in [0.3, 0.4) is 0 Å². The lowest BCUT2D eigenvalue weighted by molar-refractivity contribution is 0.0728. The molecule has 1 aliphatic carbocycles. The summed E-state index contributed by atoms with van der Waals surface area (Å²) in [4.78, 5) is 14.9. The van der Waals surface area contributed by atoms with Crippen LogP contribution in [0.25, 0.3) is 0 Å². The van der Waals surface area contributed by atoms with Crippen molar-refractivity contribution >= 4 is 5.91 Å². The molecular weight excluding hydrogens is 250 g/mol. The smallest absolute Gasteiger partial charge is 0.270 e. The van der Waals surface area contributed by atoms with E-state index in [1.54, 1.807) is 0 Å². The summed E-state index contributed by atoms with van der Waals surface area (Å²) < 4.78 is 2.22. The standard InChI is InChI=1S/C16H25N3O/c1-2-11-19(13-5-6-13)16(20)15-4-3-12-18(15)14-7-9-17-10-8-14/h3-4,12-14,17H,2,5-11H2,1H3. The van der Waals surface area contributed by atoms with Crippen molar-refractivity contribution in [2.45, 2.75) is 51.1 Å². The maximum atomic E-state index is 12.8. The molecule has 1 amide bonds. The molecule has 2 aliphatic rings. The van der Waals surface area contributed by atoms with Crippen molar-refractivity contribution in [3.05, 3.63) is 24.0 Å². The Morgan fingerprint density at radius 2 is 2.10 bits per heavy atom. The average Bonchev–Trinajstić information content (AvgIpc) is 3.20. The molecule has 0 atom stereocenters. The van der Waals surface area contributed by atoms with E-state index in [1.807, 2.05) is 12.1 Å². The molecule has 0 aromatic carbocycles. The van der Waals surface area contributed by atoms with E-state index >= 15 is 0 Å². The summed E-state index contributed by atoms with van der Waals surface area (Å²) in [6, 6.07) is 4.99. The monoisotopic (exact) mass is 275 g/mol. The van der Waals surface area contributed by atoms with Gasteiger partial charge in [0.25, 0.3) is 5.91 Å². The zero-order chi connectivity index (χ0) is 13.9. The molecule has 1 aliphatic heterocycles. The number of carbonyl (C=O) groups is 1. The van der Waals surface area contributed by atoms with E-state index in [1.165, 1.54) is 12.8 Å². The molecule has 2 fully saturated rings. The molecule has 1 aromatic heterocycles. The third-order valence-electron chi connectivity index (χ3n) is 4.41. The summed E-state index contributed by atoms with van der Waals surface area (Å²) in [7, 11) is 0. The van der Waals surface area contributed by atoms with E-state index in [0.717, 1.165) is 44.6 Å². The van der Waals surface area contributed by atoms with Crippen LogP contribution in [0.15, 0.2) is 18.3 Å². The van der Waals surface area contributed by atoms with Crippen LogP contribution in [0.1, 0.15) is 55.6 Å². The zero-order valence-electron chi connectivity index (χ0n) is 12.3. The SMILES string of the molecule is CCCN(C(=O)c1cccn1C1CCNCC1)C1CC1. The normalized spacial score (nSPS) is 20.1. The van der Waals surface area contributed by atoms with Gasteiger partial charge in [-0.1, -0.05) is 6.92 Å². The van der Waals surface area contributed by atoms with Crippen LogP contribution < -0.4 is 5.32 Å². The molecule has 0 spiro atoms. The van der Waals surface area contributed by atoms with E-state index in [2.05, 4.69) is 27.9 Å². The van der Waals surface area contributed by atoms with E-state index in [0.29, 0.717) is 12.1 Å². The van der Waals surface area contributed by atoms with E-state index < -0.39 is 0 Å². The Kier molecular flexibility index (Phi) is 4.10. The fourth-order valence-corrected chi connectivity index (χ4v) is 3.20. The van der Waals surface area contributed by atoms with Crippen molar-refractivity contribution in [1.82, 2.24) is 14.8 Å². The van der Waals surface area contributed by atoms with Crippen molar-refractivity contribution in [1.29, 1.82) is 0 Å².